The van der Waals surface area contributed by atoms with Gasteiger partial charge in [0.2, 0.25) is 5.91 Å². The van der Waals surface area contributed by atoms with E-state index in [1.807, 2.05) is 45.2 Å². The summed E-state index contributed by atoms with van der Waals surface area (Å²) in [6.45, 7) is 8.14. The molecule has 0 radical (unpaired) electrons. The Morgan fingerprint density at radius 2 is 2.18 bits per heavy atom. The van der Waals surface area contributed by atoms with E-state index in [0.29, 0.717) is 6.42 Å². The summed E-state index contributed by atoms with van der Waals surface area (Å²) in [6, 6.07) is 3.97. The van der Waals surface area contributed by atoms with Crippen molar-refractivity contribution in [1.82, 2.24) is 5.32 Å². The molecule has 1 unspecified atom stereocenters. The molecule has 1 rings (SSSR count). The molecule has 0 aliphatic carbocycles. The molecule has 4 heteroatoms. The summed E-state index contributed by atoms with van der Waals surface area (Å²) in [5, 5.41) is 4.99. The summed E-state index contributed by atoms with van der Waals surface area (Å²) in [7, 11) is 0. The van der Waals surface area contributed by atoms with Gasteiger partial charge in [0.25, 0.3) is 0 Å². The Hall–Kier alpha value is -0.870. The number of carbonyl (C=O) groups is 1. The Labute approximate surface area is 107 Å². The molecule has 3 N–H and O–H groups in total. The Bertz CT molecular complexity index is 354. The number of rotatable bonds is 4. The Morgan fingerprint density at radius 1 is 1.53 bits per heavy atom. The standard InChI is InChI=1S/C13H22N2OS/c1-9(10-6-5-7-17-10)15-12(16)8-11(14)13(2,3)4/h5-7,9,11H,8,14H2,1-4H3,(H,15,16)/t9-,11?/m0/s1. The van der Waals surface area contributed by atoms with E-state index in [1.54, 1.807) is 11.3 Å². The molecule has 1 amide bonds. The van der Waals surface area contributed by atoms with Crippen LogP contribution < -0.4 is 11.1 Å². The Morgan fingerprint density at radius 3 is 2.65 bits per heavy atom. The van der Waals surface area contributed by atoms with E-state index in [1.165, 1.54) is 4.88 Å². The van der Waals surface area contributed by atoms with Crippen LogP contribution in [0.5, 0.6) is 0 Å². The van der Waals surface area contributed by atoms with E-state index in [-0.39, 0.29) is 23.4 Å². The second kappa shape index (κ2) is 5.65. The van der Waals surface area contributed by atoms with Gasteiger partial charge in [0.05, 0.1) is 6.04 Å². The van der Waals surface area contributed by atoms with Crippen molar-refractivity contribution in [2.45, 2.75) is 46.2 Å². The van der Waals surface area contributed by atoms with Crippen LogP contribution in [-0.2, 0) is 4.79 Å². The number of nitrogens with one attached hydrogen (secondary N) is 1. The number of nitrogens with two attached hydrogens (primary N) is 1. The molecule has 0 spiro atoms. The van der Waals surface area contributed by atoms with Gasteiger partial charge in [-0.15, -0.1) is 11.3 Å². The minimum absolute atomic E-state index is 0.0216. The maximum atomic E-state index is 11.8. The molecule has 17 heavy (non-hydrogen) atoms. The van der Waals surface area contributed by atoms with Crippen molar-refractivity contribution in [3.63, 3.8) is 0 Å². The zero-order valence-corrected chi connectivity index (χ0v) is 11.8. The van der Waals surface area contributed by atoms with Gasteiger partial charge in [0, 0.05) is 17.3 Å². The van der Waals surface area contributed by atoms with Crippen LogP contribution in [0.1, 0.15) is 45.0 Å². The van der Waals surface area contributed by atoms with Crippen molar-refractivity contribution in [3.8, 4) is 0 Å². The van der Waals surface area contributed by atoms with Gasteiger partial charge in [-0.25, -0.2) is 0 Å². The fraction of sp³-hybridized carbons (Fsp3) is 0.615. The second-order valence-corrected chi connectivity index (χ2v) is 6.46. The van der Waals surface area contributed by atoms with Gasteiger partial charge in [-0.2, -0.15) is 0 Å². The van der Waals surface area contributed by atoms with E-state index >= 15 is 0 Å². The normalized spacial score (nSPS) is 15.4. The summed E-state index contributed by atoms with van der Waals surface area (Å²) in [6.07, 6.45) is 0.374. The smallest absolute Gasteiger partial charge is 0.222 e. The van der Waals surface area contributed by atoms with Crippen LogP contribution in [0, 0.1) is 5.41 Å². The quantitative estimate of drug-likeness (QED) is 0.868. The van der Waals surface area contributed by atoms with Gasteiger partial charge < -0.3 is 11.1 Å². The Kier molecular flexibility index (Phi) is 4.71. The first kappa shape index (κ1) is 14.2. The van der Waals surface area contributed by atoms with Crippen LogP contribution in [0.4, 0.5) is 0 Å². The third-order valence-electron chi connectivity index (χ3n) is 2.87. The zero-order chi connectivity index (χ0) is 13.1. The summed E-state index contributed by atoms with van der Waals surface area (Å²) >= 11 is 1.65. The first-order chi connectivity index (χ1) is 7.80. The molecule has 1 aromatic heterocycles. The van der Waals surface area contributed by atoms with Crippen molar-refractivity contribution in [3.05, 3.63) is 22.4 Å². The maximum Gasteiger partial charge on any atom is 0.222 e. The summed E-state index contributed by atoms with van der Waals surface area (Å²) in [4.78, 5) is 13.0. The van der Waals surface area contributed by atoms with Crippen molar-refractivity contribution in [2.75, 3.05) is 0 Å². The van der Waals surface area contributed by atoms with E-state index in [0.717, 1.165) is 0 Å². The highest BCUT2D eigenvalue weighted by molar-refractivity contribution is 7.10. The lowest BCUT2D eigenvalue weighted by atomic mass is 9.85. The molecule has 0 aromatic carbocycles. The molecule has 1 aromatic rings. The van der Waals surface area contributed by atoms with Crippen molar-refractivity contribution in [2.24, 2.45) is 11.1 Å². The molecule has 0 aliphatic heterocycles. The highest BCUT2D eigenvalue weighted by atomic mass is 32.1. The topological polar surface area (TPSA) is 55.1 Å². The van der Waals surface area contributed by atoms with E-state index in [9.17, 15) is 4.79 Å². The molecule has 3 nitrogen and oxygen atoms in total. The highest BCUT2D eigenvalue weighted by Crippen LogP contribution is 2.21. The number of carbonyl (C=O) groups excluding carboxylic acids is 1. The molecular weight excluding hydrogens is 232 g/mol. The van der Waals surface area contributed by atoms with Crippen LogP contribution in [0.25, 0.3) is 0 Å². The van der Waals surface area contributed by atoms with Crippen LogP contribution in [0.15, 0.2) is 17.5 Å². The molecule has 0 aliphatic rings. The lowest BCUT2D eigenvalue weighted by Crippen LogP contribution is -2.40. The van der Waals surface area contributed by atoms with Gasteiger partial charge in [0.15, 0.2) is 0 Å². The van der Waals surface area contributed by atoms with Gasteiger partial charge >= 0.3 is 0 Å². The van der Waals surface area contributed by atoms with Gasteiger partial charge in [-0.3, -0.25) is 4.79 Å². The summed E-state index contributed by atoms with van der Waals surface area (Å²) in [5.41, 5.74) is 5.95. The SMILES string of the molecule is C[C@H](NC(=O)CC(N)C(C)(C)C)c1cccs1. The summed E-state index contributed by atoms with van der Waals surface area (Å²) in [5.74, 6) is 0.0216. The largest absolute Gasteiger partial charge is 0.349 e. The van der Waals surface area contributed by atoms with Crippen LogP contribution in [-0.4, -0.2) is 11.9 Å². The molecule has 0 fully saturated rings. The van der Waals surface area contributed by atoms with Gasteiger partial charge in [-0.1, -0.05) is 26.8 Å². The Balaban J connectivity index is 2.45. The highest BCUT2D eigenvalue weighted by Gasteiger charge is 2.23. The maximum absolute atomic E-state index is 11.8. The fourth-order valence-corrected chi connectivity index (χ4v) is 2.15. The van der Waals surface area contributed by atoms with Gasteiger partial charge in [-0.05, 0) is 23.8 Å². The number of amides is 1. The lowest BCUT2D eigenvalue weighted by molar-refractivity contribution is -0.122. The number of hydrogen-bond donors (Lipinski definition) is 2. The number of thiophene rings is 1. The first-order valence-electron chi connectivity index (χ1n) is 5.89. The lowest BCUT2D eigenvalue weighted by Gasteiger charge is -2.27. The molecule has 0 bridgehead atoms. The molecular formula is C13H22N2OS. The molecule has 1 heterocycles. The minimum Gasteiger partial charge on any atom is -0.349 e. The van der Waals surface area contributed by atoms with Crippen molar-refractivity contribution >= 4 is 17.2 Å². The van der Waals surface area contributed by atoms with Crippen LogP contribution in [0.2, 0.25) is 0 Å². The van der Waals surface area contributed by atoms with E-state index in [4.69, 9.17) is 5.73 Å². The summed E-state index contributed by atoms with van der Waals surface area (Å²) < 4.78 is 0. The first-order valence-corrected chi connectivity index (χ1v) is 6.77. The third-order valence-corrected chi connectivity index (χ3v) is 3.92. The van der Waals surface area contributed by atoms with Crippen LogP contribution >= 0.6 is 11.3 Å². The predicted molar refractivity (Wildman–Crippen MR) is 72.9 cm³/mol. The van der Waals surface area contributed by atoms with Crippen molar-refractivity contribution < 1.29 is 4.79 Å². The predicted octanol–water partition coefficient (Wildman–Crippen LogP) is 2.69. The zero-order valence-electron chi connectivity index (χ0n) is 11.0. The van der Waals surface area contributed by atoms with E-state index < -0.39 is 0 Å². The molecule has 2 atom stereocenters. The van der Waals surface area contributed by atoms with Crippen molar-refractivity contribution in [1.29, 1.82) is 0 Å². The molecule has 96 valence electrons. The second-order valence-electron chi connectivity index (χ2n) is 5.48. The third kappa shape index (κ3) is 4.48. The molecule has 0 saturated carbocycles. The van der Waals surface area contributed by atoms with E-state index in [2.05, 4.69) is 5.32 Å². The monoisotopic (exact) mass is 254 g/mol. The minimum atomic E-state index is -0.113. The average Bonchev–Trinajstić information content (AvgIpc) is 2.68. The van der Waals surface area contributed by atoms with Gasteiger partial charge in [0.1, 0.15) is 0 Å². The average molecular weight is 254 g/mol. The fourth-order valence-electron chi connectivity index (χ4n) is 1.42. The van der Waals surface area contributed by atoms with Crippen LogP contribution in [0.3, 0.4) is 0 Å². The molecule has 0 saturated heterocycles. The number of hydrogen-bond acceptors (Lipinski definition) is 3.